The second-order valence-electron chi connectivity index (χ2n) is 6.58. The molecule has 1 aliphatic heterocycles. The van der Waals surface area contributed by atoms with Gasteiger partial charge in [0.1, 0.15) is 13.2 Å². The normalized spacial score (nSPS) is 12.7. The van der Waals surface area contributed by atoms with Gasteiger partial charge in [-0.1, -0.05) is 32.0 Å². The molecule has 7 heteroatoms. The van der Waals surface area contributed by atoms with Gasteiger partial charge in [-0.2, -0.15) is 0 Å². The Labute approximate surface area is 169 Å². The summed E-state index contributed by atoms with van der Waals surface area (Å²) in [6, 6.07) is 13.5. The average Bonchev–Trinajstić information content (AvgIpc) is 2.71. The van der Waals surface area contributed by atoms with Gasteiger partial charge in [0.2, 0.25) is 0 Å². The van der Waals surface area contributed by atoms with Crippen LogP contribution in [0.4, 0.5) is 5.69 Å². The van der Waals surface area contributed by atoms with Gasteiger partial charge in [-0.25, -0.2) is 0 Å². The minimum absolute atomic E-state index is 0.304. The molecule has 0 saturated carbocycles. The zero-order valence-electron chi connectivity index (χ0n) is 15.8. The van der Waals surface area contributed by atoms with E-state index in [1.54, 1.807) is 6.08 Å². The highest BCUT2D eigenvalue weighted by atomic mass is 32.1. The van der Waals surface area contributed by atoms with Crippen LogP contribution in [0, 0.1) is 0 Å². The quantitative estimate of drug-likeness (QED) is 0.416. The standard InChI is InChI=1S/C21H23N3O3S/c1-14(2)16-5-7-17(8-6-16)22-21(28)24-23-20(25)10-4-15-3-9-18-19(13-15)27-12-11-26-18/h3-10,13-14H,11-12H2,1-2H3,(H,23,25)(H2,22,24,28)/b10-4+. The molecule has 2 aromatic rings. The molecule has 0 fully saturated rings. The van der Waals surface area contributed by atoms with Gasteiger partial charge in [0.05, 0.1) is 0 Å². The first-order valence-electron chi connectivity index (χ1n) is 9.06. The van der Waals surface area contributed by atoms with Gasteiger partial charge in [-0.05, 0) is 59.6 Å². The van der Waals surface area contributed by atoms with Gasteiger partial charge in [-0.3, -0.25) is 15.6 Å². The summed E-state index contributed by atoms with van der Waals surface area (Å²) in [5, 5.41) is 3.33. The molecule has 28 heavy (non-hydrogen) atoms. The monoisotopic (exact) mass is 397 g/mol. The average molecular weight is 398 g/mol. The summed E-state index contributed by atoms with van der Waals surface area (Å²) in [6.07, 6.45) is 3.11. The lowest BCUT2D eigenvalue weighted by Crippen LogP contribution is -2.43. The van der Waals surface area contributed by atoms with Crippen LogP contribution in [0.25, 0.3) is 6.08 Å². The molecule has 1 heterocycles. The first kappa shape index (κ1) is 19.7. The van der Waals surface area contributed by atoms with Crippen molar-refractivity contribution in [2.75, 3.05) is 18.5 Å². The Morgan fingerprint density at radius 1 is 1.04 bits per heavy atom. The lowest BCUT2D eigenvalue weighted by atomic mass is 10.0. The number of thiocarbonyl (C=S) groups is 1. The van der Waals surface area contributed by atoms with Gasteiger partial charge in [0.25, 0.3) is 5.91 Å². The number of hydrazine groups is 1. The Balaban J connectivity index is 1.47. The Hall–Kier alpha value is -3.06. The number of amides is 1. The first-order chi connectivity index (χ1) is 13.5. The van der Waals surface area contributed by atoms with E-state index in [4.69, 9.17) is 21.7 Å². The Bertz CT molecular complexity index is 879. The topological polar surface area (TPSA) is 71.6 Å². The minimum Gasteiger partial charge on any atom is -0.486 e. The molecular weight excluding hydrogens is 374 g/mol. The predicted octanol–water partition coefficient (Wildman–Crippen LogP) is 3.61. The molecule has 0 bridgehead atoms. The zero-order valence-corrected chi connectivity index (χ0v) is 16.6. The number of carbonyl (C=O) groups excluding carboxylic acids is 1. The van der Waals surface area contributed by atoms with Crippen molar-refractivity contribution in [2.45, 2.75) is 19.8 Å². The van der Waals surface area contributed by atoms with E-state index in [0.717, 1.165) is 11.3 Å². The lowest BCUT2D eigenvalue weighted by Gasteiger charge is -2.18. The molecule has 0 saturated heterocycles. The third-order valence-corrected chi connectivity index (χ3v) is 4.33. The lowest BCUT2D eigenvalue weighted by molar-refractivity contribution is -0.116. The largest absolute Gasteiger partial charge is 0.486 e. The minimum atomic E-state index is -0.325. The van der Waals surface area contributed by atoms with Crippen molar-refractivity contribution < 1.29 is 14.3 Å². The van der Waals surface area contributed by atoms with Gasteiger partial charge < -0.3 is 14.8 Å². The maximum absolute atomic E-state index is 12.0. The summed E-state index contributed by atoms with van der Waals surface area (Å²) in [5.41, 5.74) is 8.15. The van der Waals surface area contributed by atoms with E-state index in [-0.39, 0.29) is 5.91 Å². The fourth-order valence-electron chi connectivity index (χ4n) is 2.61. The molecule has 0 aromatic heterocycles. The van der Waals surface area contributed by atoms with Crippen LogP contribution in [0.1, 0.15) is 30.9 Å². The molecule has 0 atom stereocenters. The van der Waals surface area contributed by atoms with Crippen molar-refractivity contribution in [2.24, 2.45) is 0 Å². The van der Waals surface area contributed by atoms with Crippen molar-refractivity contribution in [3.63, 3.8) is 0 Å². The van der Waals surface area contributed by atoms with Crippen LogP contribution in [-0.2, 0) is 4.79 Å². The van der Waals surface area contributed by atoms with Crippen molar-refractivity contribution in [1.82, 2.24) is 10.9 Å². The SMILES string of the molecule is CC(C)c1ccc(NC(=S)NNC(=O)/C=C/c2ccc3c(c2)OCCO3)cc1. The molecule has 1 amide bonds. The van der Waals surface area contributed by atoms with Crippen LogP contribution in [-0.4, -0.2) is 24.2 Å². The van der Waals surface area contributed by atoms with E-state index in [0.29, 0.717) is 35.7 Å². The van der Waals surface area contributed by atoms with E-state index in [1.165, 1.54) is 11.6 Å². The number of ether oxygens (including phenoxy) is 2. The fourth-order valence-corrected chi connectivity index (χ4v) is 2.78. The molecule has 1 aliphatic rings. The molecule has 0 radical (unpaired) electrons. The van der Waals surface area contributed by atoms with E-state index in [2.05, 4.69) is 30.0 Å². The van der Waals surface area contributed by atoms with Crippen molar-refractivity contribution >= 4 is 35.0 Å². The van der Waals surface area contributed by atoms with E-state index >= 15 is 0 Å². The second-order valence-corrected chi connectivity index (χ2v) is 6.99. The number of benzene rings is 2. The predicted molar refractivity (Wildman–Crippen MR) is 114 cm³/mol. The summed E-state index contributed by atoms with van der Waals surface area (Å²) in [6.45, 7) is 5.35. The summed E-state index contributed by atoms with van der Waals surface area (Å²) in [7, 11) is 0. The molecule has 2 aromatic carbocycles. The van der Waals surface area contributed by atoms with Crippen LogP contribution in [0.5, 0.6) is 11.5 Å². The van der Waals surface area contributed by atoms with Crippen LogP contribution < -0.4 is 25.6 Å². The molecule has 0 unspecified atom stereocenters. The Kier molecular flexibility index (Phi) is 6.49. The number of nitrogens with one attached hydrogen (secondary N) is 3. The summed E-state index contributed by atoms with van der Waals surface area (Å²) in [5.74, 6) is 1.54. The third kappa shape index (κ3) is 5.47. The Morgan fingerprint density at radius 3 is 2.46 bits per heavy atom. The fraction of sp³-hybridized carbons (Fsp3) is 0.238. The number of hydrogen-bond acceptors (Lipinski definition) is 4. The highest BCUT2D eigenvalue weighted by molar-refractivity contribution is 7.80. The third-order valence-electron chi connectivity index (χ3n) is 4.13. The number of hydrogen-bond donors (Lipinski definition) is 3. The van der Waals surface area contributed by atoms with Crippen molar-refractivity contribution in [1.29, 1.82) is 0 Å². The van der Waals surface area contributed by atoms with Gasteiger partial charge in [-0.15, -0.1) is 0 Å². The number of carbonyl (C=O) groups is 1. The van der Waals surface area contributed by atoms with Crippen molar-refractivity contribution in [3.05, 3.63) is 59.7 Å². The summed E-state index contributed by atoms with van der Waals surface area (Å²) >= 11 is 5.19. The van der Waals surface area contributed by atoms with Crippen LogP contribution in [0.3, 0.4) is 0 Å². The van der Waals surface area contributed by atoms with Crippen molar-refractivity contribution in [3.8, 4) is 11.5 Å². The Morgan fingerprint density at radius 2 is 1.75 bits per heavy atom. The van der Waals surface area contributed by atoms with Gasteiger partial charge in [0, 0.05) is 11.8 Å². The van der Waals surface area contributed by atoms with E-state index in [1.807, 2.05) is 42.5 Å². The second kappa shape index (κ2) is 9.23. The molecule has 3 rings (SSSR count). The maximum Gasteiger partial charge on any atom is 0.262 e. The molecule has 146 valence electrons. The summed E-state index contributed by atoms with van der Waals surface area (Å²) in [4.78, 5) is 12.0. The van der Waals surface area contributed by atoms with Crippen LogP contribution >= 0.6 is 12.2 Å². The first-order valence-corrected chi connectivity index (χ1v) is 9.47. The van der Waals surface area contributed by atoms with Gasteiger partial charge in [0.15, 0.2) is 16.6 Å². The highest BCUT2D eigenvalue weighted by Crippen LogP contribution is 2.31. The molecular formula is C21H23N3O3S. The molecule has 3 N–H and O–H groups in total. The number of anilines is 1. The number of rotatable bonds is 4. The van der Waals surface area contributed by atoms with E-state index < -0.39 is 0 Å². The zero-order chi connectivity index (χ0) is 19.9. The molecule has 0 spiro atoms. The maximum atomic E-state index is 12.0. The van der Waals surface area contributed by atoms with Gasteiger partial charge >= 0.3 is 0 Å². The smallest absolute Gasteiger partial charge is 0.262 e. The summed E-state index contributed by atoms with van der Waals surface area (Å²) < 4.78 is 11.0. The molecule has 0 aliphatic carbocycles. The van der Waals surface area contributed by atoms with E-state index in [9.17, 15) is 4.79 Å². The molecule has 6 nitrogen and oxygen atoms in total. The number of fused-ring (bicyclic) bond motifs is 1. The highest BCUT2D eigenvalue weighted by Gasteiger charge is 2.10. The van der Waals surface area contributed by atoms with Crippen LogP contribution in [0.15, 0.2) is 48.5 Å². The van der Waals surface area contributed by atoms with Crippen LogP contribution in [0.2, 0.25) is 0 Å².